The van der Waals surface area contributed by atoms with Crippen molar-refractivity contribution in [1.29, 1.82) is 0 Å². The molecule has 1 heterocycles. The van der Waals surface area contributed by atoms with Crippen LogP contribution in [0.15, 0.2) is 0 Å². The van der Waals surface area contributed by atoms with Crippen molar-refractivity contribution < 1.29 is 8.42 Å². The van der Waals surface area contributed by atoms with E-state index in [1.54, 1.807) is 0 Å². The molecule has 2 aliphatic rings. The average Bonchev–Trinajstić information content (AvgIpc) is 2.36. The number of hydrogen-bond acceptors (Lipinski definition) is 4. The van der Waals surface area contributed by atoms with E-state index in [4.69, 9.17) is 5.73 Å². The van der Waals surface area contributed by atoms with E-state index in [1.165, 1.54) is 12.8 Å². The van der Waals surface area contributed by atoms with Crippen molar-refractivity contribution >= 4 is 9.84 Å². The summed E-state index contributed by atoms with van der Waals surface area (Å²) in [5.41, 5.74) is 6.12. The van der Waals surface area contributed by atoms with Crippen LogP contribution < -0.4 is 5.73 Å². The maximum Gasteiger partial charge on any atom is 0.152 e. The molecule has 118 valence electrons. The third kappa shape index (κ3) is 3.37. The predicted molar refractivity (Wildman–Crippen MR) is 83.5 cm³/mol. The Hall–Kier alpha value is -0.130. The predicted octanol–water partition coefficient (Wildman–Crippen LogP) is 1.79. The molecule has 0 radical (unpaired) electrons. The van der Waals surface area contributed by atoms with Gasteiger partial charge in [0, 0.05) is 18.1 Å². The summed E-state index contributed by atoms with van der Waals surface area (Å²) in [6, 6.07) is 0.486. The second kappa shape index (κ2) is 5.58. The van der Waals surface area contributed by atoms with Crippen LogP contribution >= 0.6 is 0 Å². The van der Waals surface area contributed by atoms with Gasteiger partial charge >= 0.3 is 0 Å². The third-order valence-electron chi connectivity index (χ3n) is 5.57. The molecule has 1 aliphatic heterocycles. The van der Waals surface area contributed by atoms with Gasteiger partial charge in [0.1, 0.15) is 0 Å². The Morgan fingerprint density at radius 3 is 2.30 bits per heavy atom. The molecular formula is C15H30N2O2S. The minimum absolute atomic E-state index is 0.243. The Labute approximate surface area is 124 Å². The lowest BCUT2D eigenvalue weighted by molar-refractivity contribution is 0.0409. The van der Waals surface area contributed by atoms with E-state index in [0.717, 1.165) is 25.7 Å². The molecule has 2 rings (SSSR count). The minimum atomic E-state index is -2.93. The van der Waals surface area contributed by atoms with Gasteiger partial charge in [-0.1, -0.05) is 13.8 Å². The Bertz CT molecular complexity index is 437. The number of hydrogen-bond donors (Lipinski definition) is 1. The maximum atomic E-state index is 12.0. The number of likely N-dealkylation sites (N-methyl/N-ethyl adjacent to an activating group) is 1. The molecule has 0 spiro atoms. The monoisotopic (exact) mass is 302 g/mol. The first-order chi connectivity index (χ1) is 9.20. The van der Waals surface area contributed by atoms with Crippen LogP contribution in [-0.4, -0.2) is 50.0 Å². The molecule has 1 saturated heterocycles. The van der Waals surface area contributed by atoms with Crippen LogP contribution in [0.1, 0.15) is 52.4 Å². The topological polar surface area (TPSA) is 63.4 Å². The van der Waals surface area contributed by atoms with E-state index in [2.05, 4.69) is 25.8 Å². The van der Waals surface area contributed by atoms with Crippen LogP contribution in [0.3, 0.4) is 0 Å². The normalized spacial score (nSPS) is 34.2. The van der Waals surface area contributed by atoms with Gasteiger partial charge in [-0.15, -0.1) is 0 Å². The highest BCUT2D eigenvalue weighted by Gasteiger charge is 2.44. The van der Waals surface area contributed by atoms with Crippen LogP contribution in [0.25, 0.3) is 0 Å². The first-order valence-electron chi connectivity index (χ1n) is 7.83. The summed E-state index contributed by atoms with van der Waals surface area (Å²) >= 11 is 0. The van der Waals surface area contributed by atoms with Gasteiger partial charge in [-0.25, -0.2) is 8.42 Å². The molecule has 2 N–H and O–H groups in total. The standard InChI is InChI=1S/C15H30N2O2S/c1-14(2)8-5-13(6-9-14)17(3)15(11-16)7-4-10-20(18,19)12-15/h13H,4-12,16H2,1-3H3. The fourth-order valence-corrected chi connectivity index (χ4v) is 5.93. The van der Waals surface area contributed by atoms with Gasteiger partial charge in [-0.3, -0.25) is 4.90 Å². The maximum absolute atomic E-state index is 12.0. The molecule has 4 nitrogen and oxygen atoms in total. The Morgan fingerprint density at radius 2 is 1.80 bits per heavy atom. The van der Waals surface area contributed by atoms with Crippen molar-refractivity contribution in [3.63, 3.8) is 0 Å². The summed E-state index contributed by atoms with van der Waals surface area (Å²) in [7, 11) is -0.837. The zero-order chi connectivity index (χ0) is 15.0. The van der Waals surface area contributed by atoms with E-state index >= 15 is 0 Å². The largest absolute Gasteiger partial charge is 0.329 e. The second-order valence-corrected chi connectivity index (χ2v) is 9.81. The first kappa shape index (κ1) is 16.2. The van der Waals surface area contributed by atoms with Crippen molar-refractivity contribution in [3.8, 4) is 0 Å². The van der Waals surface area contributed by atoms with Gasteiger partial charge in [-0.2, -0.15) is 0 Å². The number of nitrogens with two attached hydrogens (primary N) is 1. The van der Waals surface area contributed by atoms with Gasteiger partial charge in [0.05, 0.1) is 11.5 Å². The minimum Gasteiger partial charge on any atom is -0.329 e. The SMILES string of the molecule is CN(C1CCC(C)(C)CC1)C1(CN)CCCS(=O)(=O)C1. The van der Waals surface area contributed by atoms with Gasteiger partial charge in [0.2, 0.25) is 0 Å². The van der Waals surface area contributed by atoms with Crippen LogP contribution in [0.4, 0.5) is 0 Å². The van der Waals surface area contributed by atoms with Crippen molar-refractivity contribution in [3.05, 3.63) is 0 Å². The fraction of sp³-hybridized carbons (Fsp3) is 1.00. The first-order valence-corrected chi connectivity index (χ1v) is 9.65. The number of sulfone groups is 1. The summed E-state index contributed by atoms with van der Waals surface area (Å²) in [5, 5.41) is 0. The zero-order valence-electron chi connectivity index (χ0n) is 13.2. The lowest BCUT2D eigenvalue weighted by Crippen LogP contribution is -2.62. The van der Waals surface area contributed by atoms with E-state index in [1.807, 2.05) is 0 Å². The third-order valence-corrected chi connectivity index (χ3v) is 7.46. The molecular weight excluding hydrogens is 272 g/mol. The molecule has 1 aliphatic carbocycles. The number of rotatable bonds is 3. The fourth-order valence-electron chi connectivity index (χ4n) is 3.92. The van der Waals surface area contributed by atoms with Gasteiger partial charge in [-0.05, 0) is 51.0 Å². The van der Waals surface area contributed by atoms with Gasteiger partial charge in [0.25, 0.3) is 0 Å². The summed E-state index contributed by atoms with van der Waals surface area (Å²) in [6.45, 7) is 5.10. The van der Waals surface area contributed by atoms with Crippen molar-refractivity contribution in [2.75, 3.05) is 25.1 Å². The molecule has 2 fully saturated rings. The molecule has 1 atom stereocenters. The van der Waals surface area contributed by atoms with Gasteiger partial charge < -0.3 is 5.73 Å². The van der Waals surface area contributed by atoms with Gasteiger partial charge in [0.15, 0.2) is 9.84 Å². The Morgan fingerprint density at radius 1 is 1.20 bits per heavy atom. The van der Waals surface area contributed by atoms with E-state index in [9.17, 15) is 8.42 Å². The Kier molecular flexibility index (Phi) is 4.53. The molecule has 0 bridgehead atoms. The summed E-state index contributed by atoms with van der Waals surface area (Å²) in [4.78, 5) is 2.32. The second-order valence-electron chi connectivity index (χ2n) is 7.63. The van der Waals surface area contributed by atoms with Crippen LogP contribution in [0, 0.1) is 5.41 Å². The molecule has 1 saturated carbocycles. The lowest BCUT2D eigenvalue weighted by atomic mass is 9.74. The van der Waals surface area contributed by atoms with Crippen LogP contribution in [-0.2, 0) is 9.84 Å². The van der Waals surface area contributed by atoms with E-state index in [-0.39, 0.29) is 11.3 Å². The average molecular weight is 302 g/mol. The summed E-state index contributed by atoms with van der Waals surface area (Å²) in [6.07, 6.45) is 6.42. The molecule has 0 aromatic rings. The van der Waals surface area contributed by atoms with Crippen LogP contribution in [0.2, 0.25) is 0 Å². The molecule has 5 heteroatoms. The van der Waals surface area contributed by atoms with Crippen molar-refractivity contribution in [2.24, 2.45) is 11.1 Å². The van der Waals surface area contributed by atoms with E-state index in [0.29, 0.717) is 23.8 Å². The molecule has 20 heavy (non-hydrogen) atoms. The quantitative estimate of drug-likeness (QED) is 0.863. The highest BCUT2D eigenvalue weighted by Crippen LogP contribution is 2.39. The molecule has 0 aromatic heterocycles. The van der Waals surface area contributed by atoms with Crippen LogP contribution in [0.5, 0.6) is 0 Å². The highest BCUT2D eigenvalue weighted by molar-refractivity contribution is 7.91. The van der Waals surface area contributed by atoms with Crippen molar-refractivity contribution in [2.45, 2.75) is 64.0 Å². The summed E-state index contributed by atoms with van der Waals surface area (Å²) < 4.78 is 24.1. The number of nitrogens with zero attached hydrogens (tertiary/aromatic N) is 1. The van der Waals surface area contributed by atoms with Crippen molar-refractivity contribution in [1.82, 2.24) is 4.90 Å². The zero-order valence-corrected chi connectivity index (χ0v) is 14.0. The highest BCUT2D eigenvalue weighted by atomic mass is 32.2. The molecule has 0 aromatic carbocycles. The smallest absolute Gasteiger partial charge is 0.152 e. The molecule has 1 unspecified atom stereocenters. The summed E-state index contributed by atoms with van der Waals surface area (Å²) in [5.74, 6) is 0.577. The lowest BCUT2D eigenvalue weighted by Gasteiger charge is -2.49. The van der Waals surface area contributed by atoms with E-state index < -0.39 is 9.84 Å². The Balaban J connectivity index is 2.11. The molecule has 0 amide bonds.